The Labute approximate surface area is 193 Å². The number of aryl methyl sites for hydroxylation is 1. The van der Waals surface area contributed by atoms with Gasteiger partial charge in [0.25, 0.3) is 0 Å². The van der Waals surface area contributed by atoms with Crippen LogP contribution in [0.25, 0.3) is 0 Å². The van der Waals surface area contributed by atoms with E-state index in [-0.39, 0.29) is 10.8 Å². The number of sulfonamides is 1. The predicted octanol–water partition coefficient (Wildman–Crippen LogP) is 2.79. The number of pyridine rings is 1. The standard InChI is InChI=1S/C21H27ClN4O3S2/c1-16-3-6-18(7-4-16)31(28,29)24-19(9-14-30-2)21(27)26-12-10-25(11-13-26)20-8-5-17(22)15-23-20/h3-8,15,19,24H,9-14H2,1-2H3. The number of hydrogen-bond acceptors (Lipinski definition) is 6. The van der Waals surface area contributed by atoms with Gasteiger partial charge in [0.2, 0.25) is 15.9 Å². The Morgan fingerprint density at radius 2 is 1.84 bits per heavy atom. The molecule has 1 aromatic heterocycles. The normalized spacial score (nSPS) is 15.7. The van der Waals surface area contributed by atoms with Gasteiger partial charge in [0, 0.05) is 32.4 Å². The molecular formula is C21H27ClN4O3S2. The zero-order chi connectivity index (χ0) is 22.4. The highest BCUT2D eigenvalue weighted by atomic mass is 35.5. The van der Waals surface area contributed by atoms with Crippen LogP contribution in [-0.4, -0.2) is 68.4 Å². The van der Waals surface area contributed by atoms with Gasteiger partial charge in [-0.1, -0.05) is 29.3 Å². The zero-order valence-electron chi connectivity index (χ0n) is 17.6. The van der Waals surface area contributed by atoms with E-state index in [0.717, 1.165) is 11.4 Å². The number of carbonyl (C=O) groups excluding carboxylic acids is 1. The van der Waals surface area contributed by atoms with Gasteiger partial charge in [-0.3, -0.25) is 4.79 Å². The third kappa shape index (κ3) is 6.35. The van der Waals surface area contributed by atoms with E-state index in [4.69, 9.17) is 11.6 Å². The van der Waals surface area contributed by atoms with Gasteiger partial charge in [-0.05, 0) is 49.6 Å². The van der Waals surface area contributed by atoms with Gasteiger partial charge in [0.1, 0.15) is 11.9 Å². The Morgan fingerprint density at radius 1 is 1.16 bits per heavy atom. The number of anilines is 1. The first-order valence-corrected chi connectivity index (χ1v) is 13.3. The summed E-state index contributed by atoms with van der Waals surface area (Å²) in [5, 5.41) is 0.579. The van der Waals surface area contributed by atoms with Crippen molar-refractivity contribution in [3.8, 4) is 0 Å². The van der Waals surface area contributed by atoms with Crippen molar-refractivity contribution in [2.45, 2.75) is 24.3 Å². The molecule has 168 valence electrons. The molecule has 1 N–H and O–H groups in total. The topological polar surface area (TPSA) is 82.6 Å². The molecule has 0 radical (unpaired) electrons. The minimum absolute atomic E-state index is 0.165. The van der Waals surface area contributed by atoms with Gasteiger partial charge < -0.3 is 9.80 Å². The van der Waals surface area contributed by atoms with Gasteiger partial charge in [-0.15, -0.1) is 0 Å². The van der Waals surface area contributed by atoms with Crippen LogP contribution < -0.4 is 9.62 Å². The largest absolute Gasteiger partial charge is 0.353 e. The first kappa shape index (κ1) is 23.8. The van der Waals surface area contributed by atoms with E-state index in [1.165, 1.54) is 0 Å². The maximum Gasteiger partial charge on any atom is 0.241 e. The minimum Gasteiger partial charge on any atom is -0.353 e. The molecule has 7 nitrogen and oxygen atoms in total. The van der Waals surface area contributed by atoms with Crippen LogP contribution in [0.15, 0.2) is 47.5 Å². The number of halogens is 1. The highest BCUT2D eigenvalue weighted by Crippen LogP contribution is 2.18. The molecule has 10 heteroatoms. The number of nitrogens with zero attached hydrogens (tertiary/aromatic N) is 3. The summed E-state index contributed by atoms with van der Waals surface area (Å²) in [4.78, 5) is 21.5. The predicted molar refractivity (Wildman–Crippen MR) is 126 cm³/mol. The molecule has 31 heavy (non-hydrogen) atoms. The van der Waals surface area contributed by atoms with Gasteiger partial charge in [-0.2, -0.15) is 16.5 Å². The van der Waals surface area contributed by atoms with Gasteiger partial charge in [0.05, 0.1) is 9.92 Å². The molecule has 0 bridgehead atoms. The summed E-state index contributed by atoms with van der Waals surface area (Å²) in [6.45, 7) is 4.16. The monoisotopic (exact) mass is 482 g/mol. The summed E-state index contributed by atoms with van der Waals surface area (Å²) < 4.78 is 28.3. The second kappa shape index (κ2) is 10.7. The molecule has 1 fully saturated rings. The number of thioether (sulfide) groups is 1. The molecule has 1 atom stereocenters. The van der Waals surface area contributed by atoms with Crippen molar-refractivity contribution in [1.29, 1.82) is 0 Å². The Balaban J connectivity index is 1.67. The zero-order valence-corrected chi connectivity index (χ0v) is 20.0. The maximum atomic E-state index is 13.2. The summed E-state index contributed by atoms with van der Waals surface area (Å²) in [6.07, 6.45) is 3.98. The van der Waals surface area contributed by atoms with E-state index >= 15 is 0 Å². The van der Waals surface area contributed by atoms with Gasteiger partial charge >= 0.3 is 0 Å². The number of amides is 1. The Morgan fingerprint density at radius 3 is 2.42 bits per heavy atom. The van der Waals surface area contributed by atoms with E-state index in [2.05, 4.69) is 14.6 Å². The smallest absolute Gasteiger partial charge is 0.241 e. The molecule has 1 aliphatic heterocycles. The van der Waals surface area contributed by atoms with E-state index in [0.29, 0.717) is 43.4 Å². The first-order valence-electron chi connectivity index (χ1n) is 10.0. The number of aromatic nitrogens is 1. The highest BCUT2D eigenvalue weighted by molar-refractivity contribution is 7.98. The lowest BCUT2D eigenvalue weighted by molar-refractivity contribution is -0.133. The second-order valence-corrected chi connectivity index (χ2v) is 10.6. The lowest BCUT2D eigenvalue weighted by Gasteiger charge is -2.37. The van der Waals surface area contributed by atoms with E-state index < -0.39 is 16.1 Å². The molecule has 3 rings (SSSR count). The number of carbonyl (C=O) groups is 1. The average molecular weight is 483 g/mol. The van der Waals surface area contributed by atoms with E-state index in [1.807, 2.05) is 19.2 Å². The average Bonchev–Trinajstić information content (AvgIpc) is 2.77. The fraction of sp³-hybridized carbons (Fsp3) is 0.429. The molecule has 2 heterocycles. The van der Waals surface area contributed by atoms with Crippen LogP contribution in [0.3, 0.4) is 0 Å². The summed E-state index contributed by atoms with van der Waals surface area (Å²) in [5.74, 6) is 1.31. The van der Waals surface area contributed by atoms with Crippen LogP contribution in [-0.2, 0) is 14.8 Å². The number of nitrogens with one attached hydrogen (secondary N) is 1. The Hall–Kier alpha value is -1.81. The molecule has 0 saturated carbocycles. The molecule has 1 aliphatic rings. The van der Waals surface area contributed by atoms with Gasteiger partial charge in [-0.25, -0.2) is 13.4 Å². The SMILES string of the molecule is CSCCC(NS(=O)(=O)c1ccc(C)cc1)C(=O)N1CCN(c2ccc(Cl)cn2)CC1. The fourth-order valence-electron chi connectivity index (χ4n) is 3.37. The summed E-state index contributed by atoms with van der Waals surface area (Å²) in [5.41, 5.74) is 0.974. The van der Waals surface area contributed by atoms with Crippen molar-refractivity contribution in [2.24, 2.45) is 0 Å². The number of benzene rings is 1. The highest BCUT2D eigenvalue weighted by Gasteiger charge is 2.31. The minimum atomic E-state index is -3.79. The molecular weight excluding hydrogens is 456 g/mol. The van der Waals surface area contributed by atoms with Crippen molar-refractivity contribution < 1.29 is 13.2 Å². The third-order valence-electron chi connectivity index (χ3n) is 5.16. The molecule has 0 aliphatic carbocycles. The van der Waals surface area contributed by atoms with E-state index in [9.17, 15) is 13.2 Å². The lowest BCUT2D eigenvalue weighted by Crippen LogP contribution is -2.55. The van der Waals surface area contributed by atoms with Crippen LogP contribution >= 0.6 is 23.4 Å². The van der Waals surface area contributed by atoms with Crippen molar-refractivity contribution in [2.75, 3.05) is 43.1 Å². The number of piperazine rings is 1. The lowest BCUT2D eigenvalue weighted by atomic mass is 10.2. The molecule has 1 unspecified atom stereocenters. The second-order valence-electron chi connectivity index (χ2n) is 7.42. The van der Waals surface area contributed by atoms with E-state index in [1.54, 1.807) is 53.2 Å². The Kier molecular flexibility index (Phi) is 8.21. The Bertz CT molecular complexity index is 977. The number of rotatable bonds is 8. The molecule has 2 aromatic rings. The quantitative estimate of drug-likeness (QED) is 0.623. The molecule has 1 amide bonds. The van der Waals surface area contributed by atoms with Crippen LogP contribution in [0, 0.1) is 6.92 Å². The van der Waals surface area contributed by atoms with Crippen LogP contribution in [0.1, 0.15) is 12.0 Å². The van der Waals surface area contributed by atoms with Crippen molar-refractivity contribution in [3.05, 3.63) is 53.2 Å². The fourth-order valence-corrected chi connectivity index (χ4v) is 5.18. The third-order valence-corrected chi connectivity index (χ3v) is 7.52. The van der Waals surface area contributed by atoms with Crippen LogP contribution in [0.2, 0.25) is 5.02 Å². The van der Waals surface area contributed by atoms with Crippen LogP contribution in [0.5, 0.6) is 0 Å². The summed E-state index contributed by atoms with van der Waals surface area (Å²) >= 11 is 7.49. The first-order chi connectivity index (χ1) is 14.8. The number of hydrogen-bond donors (Lipinski definition) is 1. The van der Waals surface area contributed by atoms with Crippen molar-refractivity contribution in [3.63, 3.8) is 0 Å². The van der Waals surface area contributed by atoms with Crippen molar-refractivity contribution >= 4 is 45.1 Å². The van der Waals surface area contributed by atoms with Crippen LogP contribution in [0.4, 0.5) is 5.82 Å². The maximum absolute atomic E-state index is 13.2. The molecule has 0 spiro atoms. The molecule has 1 aromatic carbocycles. The molecule has 1 saturated heterocycles. The summed E-state index contributed by atoms with van der Waals surface area (Å²) in [7, 11) is -3.79. The van der Waals surface area contributed by atoms with Gasteiger partial charge in [0.15, 0.2) is 0 Å². The summed E-state index contributed by atoms with van der Waals surface area (Å²) in [6, 6.07) is 9.47. The van der Waals surface area contributed by atoms with Crippen molar-refractivity contribution in [1.82, 2.24) is 14.6 Å².